The third-order valence-electron chi connectivity index (χ3n) is 8.56. The van der Waals surface area contributed by atoms with Crippen LogP contribution in [0, 0.1) is 37.7 Å². The van der Waals surface area contributed by atoms with Gasteiger partial charge >= 0.3 is 0 Å². The zero-order chi connectivity index (χ0) is 42.4. The van der Waals surface area contributed by atoms with E-state index in [2.05, 4.69) is 46.7 Å². The maximum Gasteiger partial charge on any atom is 0.216 e. The predicted octanol–water partition coefficient (Wildman–Crippen LogP) is 10.9. The molecule has 2 aromatic carbocycles. The zero-order valence-corrected chi connectivity index (χ0v) is 32.1. The van der Waals surface area contributed by atoms with E-state index in [1.807, 2.05) is 36.5 Å². The van der Waals surface area contributed by atoms with Crippen LogP contribution in [0.4, 0.5) is 0 Å². The second kappa shape index (κ2) is 16.1. The van der Waals surface area contributed by atoms with Gasteiger partial charge in [-0.3, -0.25) is 0 Å². The number of hydrogen-bond donors (Lipinski definition) is 0. The first kappa shape index (κ1) is 25.5. The summed E-state index contributed by atoms with van der Waals surface area (Å²) in [5, 5.41) is 2.44. The van der Waals surface area contributed by atoms with E-state index in [0.717, 1.165) is 47.7 Å². The SMILES string of the molecule is [2H]C([2H])([2H])c1ccc2c(n1)oc1c(-c3cc(C([2H])([2H])C(C)C)c(C([2H])([2H])[2H])cn3)[c-]ccc12.[2H]C([2H])(c1cc(-c2[c-]cccc2)ncc1[Si](C)(C)C)C1CCCCC1.[Ir]. The van der Waals surface area contributed by atoms with Crippen LogP contribution in [0.3, 0.4) is 0 Å². The fourth-order valence-corrected chi connectivity index (χ4v) is 7.58. The first-order valence-corrected chi connectivity index (χ1v) is 20.2. The molecule has 4 aromatic heterocycles. The molecule has 1 fully saturated rings. The summed E-state index contributed by atoms with van der Waals surface area (Å²) in [5.74, 6) is -0.367. The number of fused-ring (bicyclic) bond motifs is 3. The molecule has 0 N–H and O–H groups in total. The molecule has 1 aliphatic rings. The van der Waals surface area contributed by atoms with Crippen molar-refractivity contribution in [1.82, 2.24) is 15.0 Å². The molecule has 4 heterocycles. The van der Waals surface area contributed by atoms with E-state index in [0.29, 0.717) is 27.6 Å². The minimum atomic E-state index is -2.53. The zero-order valence-electron chi connectivity index (χ0n) is 38.7. The normalized spacial score (nSPS) is 17.8. The molecule has 257 valence electrons. The van der Waals surface area contributed by atoms with E-state index < -0.39 is 40.4 Å². The molecule has 0 saturated heterocycles. The van der Waals surface area contributed by atoms with Gasteiger partial charge in [0.05, 0.1) is 13.7 Å². The summed E-state index contributed by atoms with van der Waals surface area (Å²) >= 11 is 0. The van der Waals surface area contributed by atoms with Gasteiger partial charge in [0.1, 0.15) is 0 Å². The molecule has 0 amide bonds. The minimum absolute atomic E-state index is 0. The molecule has 6 aromatic rings. The van der Waals surface area contributed by atoms with E-state index in [1.54, 1.807) is 32.0 Å². The van der Waals surface area contributed by atoms with Crippen molar-refractivity contribution in [3.8, 4) is 22.5 Å². The fraction of sp³-hybridized carbons (Fsp3) is 0.372. The quantitative estimate of drug-likeness (QED) is 0.119. The average molecular weight is 854 g/mol. The Bertz CT molecular complexity index is 2400. The monoisotopic (exact) mass is 854 g/mol. The average Bonchev–Trinajstić information content (AvgIpc) is 3.56. The van der Waals surface area contributed by atoms with Crippen LogP contribution >= 0.6 is 0 Å². The molecule has 49 heavy (non-hydrogen) atoms. The van der Waals surface area contributed by atoms with Gasteiger partial charge in [0.25, 0.3) is 0 Å². The van der Waals surface area contributed by atoms with Gasteiger partial charge in [0, 0.05) is 57.3 Å². The Morgan fingerprint density at radius 3 is 2.41 bits per heavy atom. The second-order valence-electron chi connectivity index (χ2n) is 13.8. The van der Waals surface area contributed by atoms with Crippen molar-refractivity contribution in [3.63, 3.8) is 0 Å². The first-order chi connectivity index (χ1) is 27.0. The molecule has 0 unspecified atom stereocenters. The first-order valence-electron chi connectivity index (χ1n) is 21.7. The molecule has 0 spiro atoms. The van der Waals surface area contributed by atoms with Gasteiger partial charge in [-0.15, -0.1) is 54.1 Å². The Labute approximate surface area is 321 Å². The smallest absolute Gasteiger partial charge is 0.216 e. The Hall–Kier alpha value is -3.44. The van der Waals surface area contributed by atoms with E-state index in [4.69, 9.17) is 18.1 Å². The maximum absolute atomic E-state index is 8.99. The van der Waals surface area contributed by atoms with E-state index in [9.17, 15) is 0 Å². The molecule has 4 nitrogen and oxygen atoms in total. The van der Waals surface area contributed by atoms with Gasteiger partial charge in [-0.05, 0) is 72.6 Å². The van der Waals surface area contributed by atoms with Crippen molar-refractivity contribution in [2.75, 3.05) is 0 Å². The van der Waals surface area contributed by atoms with E-state index in [1.165, 1.54) is 24.8 Å². The number of rotatable bonds is 7. The topological polar surface area (TPSA) is 51.8 Å². The molecule has 1 aliphatic carbocycles. The van der Waals surface area contributed by atoms with E-state index in [-0.39, 0.29) is 48.6 Å². The molecule has 0 aliphatic heterocycles. The van der Waals surface area contributed by atoms with Crippen LogP contribution in [0.2, 0.25) is 19.6 Å². The summed E-state index contributed by atoms with van der Waals surface area (Å²) in [7, 11) is -1.69. The van der Waals surface area contributed by atoms with Crippen LogP contribution in [0.1, 0.15) is 82.0 Å². The number of furan rings is 1. The summed E-state index contributed by atoms with van der Waals surface area (Å²) in [6, 6.07) is 24.0. The van der Waals surface area contributed by atoms with Crippen molar-refractivity contribution in [3.05, 3.63) is 108 Å². The predicted molar refractivity (Wildman–Crippen MR) is 203 cm³/mol. The molecular formula is C43H49IrN3OSi-2. The molecule has 1 saturated carbocycles. The third kappa shape index (κ3) is 8.84. The van der Waals surface area contributed by atoms with Crippen molar-refractivity contribution < 1.29 is 38.2 Å². The summed E-state index contributed by atoms with van der Waals surface area (Å²) in [6.07, 6.45) is 5.45. The van der Waals surface area contributed by atoms with Crippen molar-refractivity contribution in [2.24, 2.45) is 11.8 Å². The van der Waals surface area contributed by atoms with Gasteiger partial charge in [-0.2, -0.15) is 0 Å². The molecular weight excluding hydrogens is 795 g/mol. The molecule has 6 heteroatoms. The standard InChI is InChI=1S/C22H21N2O.C21H28NSi.Ir/c1-13(2)10-16-11-20(23-12-14(16)3)19-7-5-6-17-18-9-8-15(4)24-22(18)25-21(17)19;1-23(2,3)21-16-22-20(18-12-8-5-9-13-18)15-19(21)14-17-10-6-4-7-11-17;/h5-6,8-9,11-13H,10H2,1-4H3;5,8-9,12,15-17H,4,6-7,10-11,14H2,1-3H3;/q2*-1;/i3D3,4D3,10D2;14D2;. The van der Waals surface area contributed by atoms with Crippen LogP contribution < -0.4 is 5.19 Å². The fourth-order valence-electron chi connectivity index (χ4n) is 6.17. The Kier molecular flexibility index (Phi) is 8.36. The van der Waals surface area contributed by atoms with Crippen LogP contribution in [0.25, 0.3) is 44.6 Å². The number of aromatic nitrogens is 3. The minimum Gasteiger partial charge on any atom is -0.486 e. The summed E-state index contributed by atoms with van der Waals surface area (Å²) in [4.78, 5) is 13.1. The van der Waals surface area contributed by atoms with E-state index >= 15 is 0 Å². The van der Waals surface area contributed by atoms with Crippen LogP contribution in [0.15, 0.2) is 77.5 Å². The number of pyridine rings is 3. The molecule has 1 radical (unpaired) electrons. The van der Waals surface area contributed by atoms with Gasteiger partial charge in [0.15, 0.2) is 0 Å². The Balaban J connectivity index is 0.000000229. The van der Waals surface area contributed by atoms with Crippen LogP contribution in [-0.4, -0.2) is 23.0 Å². The van der Waals surface area contributed by atoms with Gasteiger partial charge in [-0.1, -0.05) is 99.8 Å². The van der Waals surface area contributed by atoms with Crippen LogP contribution in [0.5, 0.6) is 0 Å². The number of aryl methyl sites for hydroxylation is 2. The van der Waals surface area contributed by atoms with Crippen LogP contribution in [-0.2, 0) is 32.9 Å². The Morgan fingerprint density at radius 2 is 1.69 bits per heavy atom. The van der Waals surface area contributed by atoms with Crippen molar-refractivity contribution in [2.45, 2.75) is 92.0 Å². The summed E-state index contributed by atoms with van der Waals surface area (Å²) < 4.78 is 87.2. The third-order valence-corrected chi connectivity index (χ3v) is 10.6. The Morgan fingerprint density at radius 1 is 0.898 bits per heavy atom. The number of nitrogens with zero attached hydrogens (tertiary/aromatic N) is 3. The molecule has 0 bridgehead atoms. The van der Waals surface area contributed by atoms with Crippen molar-refractivity contribution >= 4 is 35.3 Å². The summed E-state index contributed by atoms with van der Waals surface area (Å²) in [6.45, 7) is 5.28. The largest absolute Gasteiger partial charge is 0.486 e. The van der Waals surface area contributed by atoms with Crippen molar-refractivity contribution in [1.29, 1.82) is 0 Å². The maximum atomic E-state index is 8.99. The second-order valence-corrected chi connectivity index (χ2v) is 18.8. The van der Waals surface area contributed by atoms with Gasteiger partial charge < -0.3 is 14.4 Å². The van der Waals surface area contributed by atoms with Gasteiger partial charge in [-0.25, -0.2) is 4.98 Å². The molecule has 0 atom stereocenters. The van der Waals surface area contributed by atoms with Gasteiger partial charge in [0.2, 0.25) is 5.71 Å². The molecule has 7 rings (SSSR count). The number of benzene rings is 2. The summed E-state index contributed by atoms with van der Waals surface area (Å²) in [5.41, 5.74) is 3.64. The number of hydrogen-bond acceptors (Lipinski definition) is 4.